The van der Waals surface area contributed by atoms with Crippen molar-refractivity contribution in [3.05, 3.63) is 53.0 Å². The van der Waals surface area contributed by atoms with Gasteiger partial charge in [-0.1, -0.05) is 18.2 Å². The number of nitrogens with one attached hydrogen (secondary N) is 1. The van der Waals surface area contributed by atoms with E-state index in [-0.39, 0.29) is 16.6 Å². The monoisotopic (exact) mass is 354 g/mol. The van der Waals surface area contributed by atoms with Crippen molar-refractivity contribution in [3.8, 4) is 11.1 Å². The highest BCUT2D eigenvalue weighted by Crippen LogP contribution is 2.34. The van der Waals surface area contributed by atoms with Crippen molar-refractivity contribution in [2.24, 2.45) is 0 Å². The number of nitrogens with zero attached hydrogens (tertiary/aromatic N) is 1. The second-order valence-corrected chi connectivity index (χ2v) is 7.78. The van der Waals surface area contributed by atoms with Crippen LogP contribution in [0, 0.1) is 24.4 Å². The van der Waals surface area contributed by atoms with Gasteiger partial charge in [0.25, 0.3) is 0 Å². The Hall–Kier alpha value is -2.35. The Balaban J connectivity index is 2.26. The van der Waals surface area contributed by atoms with Crippen molar-refractivity contribution >= 4 is 20.7 Å². The Kier molecular flexibility index (Phi) is 3.87. The van der Waals surface area contributed by atoms with Crippen molar-refractivity contribution in [2.75, 3.05) is 6.26 Å². The van der Waals surface area contributed by atoms with Gasteiger partial charge in [-0.05, 0) is 13.0 Å². The quantitative estimate of drug-likeness (QED) is 0.783. The molecule has 0 aliphatic rings. The predicted octanol–water partition coefficient (Wildman–Crippen LogP) is 3.50. The number of aryl methyl sites for hydroxylation is 1. The molecule has 1 N–H and O–H groups in total. The molecule has 3 rings (SSSR count). The number of aromatic nitrogens is 2. The van der Waals surface area contributed by atoms with E-state index in [1.54, 1.807) is 6.92 Å². The van der Waals surface area contributed by atoms with Crippen LogP contribution in [0.3, 0.4) is 0 Å². The Morgan fingerprint density at radius 2 is 1.79 bits per heavy atom. The summed E-state index contributed by atoms with van der Waals surface area (Å²) in [6, 6.07) is 4.74. The third-order valence-electron chi connectivity index (χ3n) is 3.71. The first-order valence-electron chi connectivity index (χ1n) is 6.97. The second kappa shape index (κ2) is 5.62. The molecule has 0 aliphatic carbocycles. The van der Waals surface area contributed by atoms with E-state index in [9.17, 15) is 21.6 Å². The van der Waals surface area contributed by atoms with Crippen LogP contribution in [0.5, 0.6) is 0 Å². The first-order valence-corrected chi connectivity index (χ1v) is 9.03. The molecule has 1 heterocycles. The molecule has 0 unspecified atom stereocenters. The van der Waals surface area contributed by atoms with E-state index in [4.69, 9.17) is 0 Å². The summed E-state index contributed by atoms with van der Waals surface area (Å²) in [4.78, 5) is 0. The second-order valence-electron chi connectivity index (χ2n) is 5.64. The first-order chi connectivity index (χ1) is 11.2. The maximum absolute atomic E-state index is 14.7. The summed E-state index contributed by atoms with van der Waals surface area (Å²) in [6.45, 7) is 1.70. The zero-order valence-electron chi connectivity index (χ0n) is 12.8. The lowest BCUT2D eigenvalue weighted by Crippen LogP contribution is -2.05. The number of H-pyrrole nitrogens is 1. The van der Waals surface area contributed by atoms with E-state index in [1.807, 2.05) is 0 Å². The normalized spacial score (nSPS) is 12.0. The van der Waals surface area contributed by atoms with Crippen molar-refractivity contribution in [1.29, 1.82) is 0 Å². The topological polar surface area (TPSA) is 62.8 Å². The van der Waals surface area contributed by atoms with Gasteiger partial charge in [0.2, 0.25) is 0 Å². The third-order valence-corrected chi connectivity index (χ3v) is 4.55. The predicted molar refractivity (Wildman–Crippen MR) is 84.7 cm³/mol. The lowest BCUT2D eigenvalue weighted by Gasteiger charge is -2.10. The van der Waals surface area contributed by atoms with Crippen LogP contribution in [0.4, 0.5) is 13.2 Å². The number of hydrogen-bond acceptors (Lipinski definition) is 3. The van der Waals surface area contributed by atoms with E-state index in [0.29, 0.717) is 11.1 Å². The number of halogens is 3. The molecule has 0 aliphatic heterocycles. The molecule has 0 amide bonds. The molecular formula is C16H13F3N2O2S. The first kappa shape index (κ1) is 16.5. The summed E-state index contributed by atoms with van der Waals surface area (Å²) in [5, 5.41) is 6.92. The van der Waals surface area contributed by atoms with Gasteiger partial charge in [-0.3, -0.25) is 5.10 Å². The summed E-state index contributed by atoms with van der Waals surface area (Å²) in [7, 11) is -3.53. The molecule has 0 bridgehead atoms. The largest absolute Gasteiger partial charge is 0.282 e. The van der Waals surface area contributed by atoms with Crippen LogP contribution in [0.1, 0.15) is 11.3 Å². The van der Waals surface area contributed by atoms with Crippen LogP contribution >= 0.6 is 0 Å². The molecule has 2 aromatic carbocycles. The smallest absolute Gasteiger partial charge is 0.159 e. The average Bonchev–Trinajstić information content (AvgIpc) is 2.86. The fraction of sp³-hybridized carbons (Fsp3) is 0.188. The average molecular weight is 354 g/mol. The Bertz CT molecular complexity index is 1060. The number of sulfone groups is 1. The molecule has 3 aromatic rings. The van der Waals surface area contributed by atoms with E-state index in [0.717, 1.165) is 18.4 Å². The highest BCUT2D eigenvalue weighted by atomic mass is 32.2. The molecule has 126 valence electrons. The highest BCUT2D eigenvalue weighted by molar-refractivity contribution is 7.89. The number of rotatable bonds is 3. The van der Waals surface area contributed by atoms with Crippen molar-refractivity contribution in [3.63, 3.8) is 0 Å². The minimum Gasteiger partial charge on any atom is -0.282 e. The minimum absolute atomic E-state index is 0.0303. The molecule has 24 heavy (non-hydrogen) atoms. The standard InChI is InChI=1S/C16H13F3N2O2S/c1-8-10-4-5-11(15(19)16(10)21-20-8)13-12(17)6-3-9(14(13)18)7-24(2,22)23/h3-6H,7H2,1-2H3,(H,20,21). The van der Waals surface area contributed by atoms with Gasteiger partial charge < -0.3 is 0 Å². The van der Waals surface area contributed by atoms with Gasteiger partial charge in [0.05, 0.1) is 11.3 Å². The van der Waals surface area contributed by atoms with Gasteiger partial charge in [-0.15, -0.1) is 0 Å². The molecule has 1 aromatic heterocycles. The zero-order chi connectivity index (χ0) is 17.6. The molecule has 4 nitrogen and oxygen atoms in total. The van der Waals surface area contributed by atoms with Gasteiger partial charge in [-0.2, -0.15) is 5.10 Å². The van der Waals surface area contributed by atoms with Gasteiger partial charge in [0.15, 0.2) is 15.7 Å². The van der Waals surface area contributed by atoms with Crippen molar-refractivity contribution < 1.29 is 21.6 Å². The fourth-order valence-corrected chi connectivity index (χ4v) is 3.39. The molecule has 0 atom stereocenters. The lowest BCUT2D eigenvalue weighted by molar-refractivity contribution is 0.572. The fourth-order valence-electron chi connectivity index (χ4n) is 2.61. The maximum atomic E-state index is 14.7. The molecule has 8 heteroatoms. The molecule has 0 spiro atoms. The van der Waals surface area contributed by atoms with Crippen LogP contribution < -0.4 is 0 Å². The van der Waals surface area contributed by atoms with Gasteiger partial charge in [-0.25, -0.2) is 21.6 Å². The van der Waals surface area contributed by atoms with Gasteiger partial charge in [0, 0.05) is 28.5 Å². The SMILES string of the molecule is Cc1[nH]nc2c(F)c(-c3c(F)ccc(CS(C)(=O)=O)c3F)ccc12. The zero-order valence-corrected chi connectivity index (χ0v) is 13.6. The number of aromatic amines is 1. The Morgan fingerprint density at radius 3 is 2.46 bits per heavy atom. The van der Waals surface area contributed by atoms with Crippen molar-refractivity contribution in [2.45, 2.75) is 12.7 Å². The van der Waals surface area contributed by atoms with Crippen LogP contribution in [-0.4, -0.2) is 24.9 Å². The molecule has 0 saturated carbocycles. The summed E-state index contributed by atoms with van der Waals surface area (Å²) >= 11 is 0. The Morgan fingerprint density at radius 1 is 1.08 bits per heavy atom. The Labute approximate surface area is 136 Å². The van der Waals surface area contributed by atoms with Crippen LogP contribution in [0.2, 0.25) is 0 Å². The minimum atomic E-state index is -3.53. The number of benzene rings is 2. The summed E-state index contributed by atoms with van der Waals surface area (Å²) in [5.74, 6) is -3.54. The molecular weight excluding hydrogens is 341 g/mol. The highest BCUT2D eigenvalue weighted by Gasteiger charge is 2.22. The number of hydrogen-bond donors (Lipinski definition) is 1. The van der Waals surface area contributed by atoms with E-state index < -0.39 is 38.6 Å². The van der Waals surface area contributed by atoms with Crippen LogP contribution in [0.15, 0.2) is 24.3 Å². The van der Waals surface area contributed by atoms with Gasteiger partial charge >= 0.3 is 0 Å². The summed E-state index contributed by atoms with van der Waals surface area (Å²) < 4.78 is 66.2. The molecule has 0 fully saturated rings. The van der Waals surface area contributed by atoms with Crippen LogP contribution in [0.25, 0.3) is 22.0 Å². The van der Waals surface area contributed by atoms with E-state index in [1.165, 1.54) is 12.1 Å². The van der Waals surface area contributed by atoms with Crippen LogP contribution in [-0.2, 0) is 15.6 Å². The van der Waals surface area contributed by atoms with Crippen molar-refractivity contribution in [1.82, 2.24) is 10.2 Å². The third kappa shape index (κ3) is 2.77. The van der Waals surface area contributed by atoms with E-state index in [2.05, 4.69) is 10.2 Å². The summed E-state index contributed by atoms with van der Waals surface area (Å²) in [6.07, 6.45) is 0.939. The number of fused-ring (bicyclic) bond motifs is 1. The lowest BCUT2D eigenvalue weighted by atomic mass is 9.99. The molecule has 0 saturated heterocycles. The maximum Gasteiger partial charge on any atom is 0.159 e. The molecule has 0 radical (unpaired) electrons. The van der Waals surface area contributed by atoms with Gasteiger partial charge in [0.1, 0.15) is 17.2 Å². The van der Waals surface area contributed by atoms with E-state index >= 15 is 0 Å². The summed E-state index contributed by atoms with van der Waals surface area (Å²) in [5.41, 5.74) is -0.526.